The second-order valence-corrected chi connectivity index (χ2v) is 6.03. The number of fused-ring (bicyclic) bond motifs is 1. The Bertz CT molecular complexity index is 789. The van der Waals surface area contributed by atoms with Gasteiger partial charge in [0, 0.05) is 5.56 Å². The van der Waals surface area contributed by atoms with E-state index in [1.165, 1.54) is 29.2 Å². The molecule has 3 aromatic rings. The van der Waals surface area contributed by atoms with Gasteiger partial charge in [0.1, 0.15) is 5.75 Å². The Morgan fingerprint density at radius 1 is 0.909 bits per heavy atom. The molecule has 1 nitrogen and oxygen atoms in total. The van der Waals surface area contributed by atoms with Gasteiger partial charge in [0.05, 0.1) is 0 Å². The maximum atomic E-state index is 10.0. The molecule has 0 fully saturated rings. The van der Waals surface area contributed by atoms with Crippen molar-refractivity contribution in [2.45, 2.75) is 32.6 Å². The largest absolute Gasteiger partial charge is 0.507 e. The van der Waals surface area contributed by atoms with Gasteiger partial charge in [-0.05, 0) is 46.4 Å². The van der Waals surface area contributed by atoms with Crippen LogP contribution in [0.5, 0.6) is 5.75 Å². The van der Waals surface area contributed by atoms with Gasteiger partial charge in [-0.1, -0.05) is 68.8 Å². The smallest absolute Gasteiger partial charge is 0.123 e. The molecule has 0 saturated heterocycles. The number of rotatable bonds is 4. The molecule has 112 valence electrons. The molecule has 1 N–H and O–H groups in total. The summed E-state index contributed by atoms with van der Waals surface area (Å²) >= 11 is 0. The molecule has 0 bridgehead atoms. The number of para-hydroxylation sites is 1. The monoisotopic (exact) mass is 290 g/mol. The summed E-state index contributed by atoms with van der Waals surface area (Å²) < 4.78 is 0. The van der Waals surface area contributed by atoms with E-state index in [0.717, 1.165) is 11.1 Å². The SMILES string of the molecule is CCCC(C)c1ccc2cc(-c3ccccc3O)ccc2c1. The molecule has 22 heavy (non-hydrogen) atoms. The first-order valence-corrected chi connectivity index (χ1v) is 8.01. The summed E-state index contributed by atoms with van der Waals surface area (Å²) in [6.07, 6.45) is 2.44. The molecular formula is C21H22O. The highest BCUT2D eigenvalue weighted by atomic mass is 16.3. The van der Waals surface area contributed by atoms with Crippen molar-refractivity contribution in [2.24, 2.45) is 0 Å². The summed E-state index contributed by atoms with van der Waals surface area (Å²) in [7, 11) is 0. The van der Waals surface area contributed by atoms with Crippen LogP contribution in [0.1, 0.15) is 38.2 Å². The lowest BCUT2D eigenvalue weighted by Gasteiger charge is -2.12. The quantitative estimate of drug-likeness (QED) is 0.614. The first-order valence-electron chi connectivity index (χ1n) is 8.01. The Labute approximate surface area is 132 Å². The first-order chi connectivity index (χ1) is 10.7. The summed E-state index contributed by atoms with van der Waals surface area (Å²) in [6.45, 7) is 4.53. The van der Waals surface area contributed by atoms with Gasteiger partial charge in [-0.25, -0.2) is 0 Å². The molecule has 1 atom stereocenters. The van der Waals surface area contributed by atoms with Crippen LogP contribution in [-0.2, 0) is 0 Å². The molecule has 0 aromatic heterocycles. The number of aromatic hydroxyl groups is 1. The van der Waals surface area contributed by atoms with E-state index in [1.54, 1.807) is 6.07 Å². The fourth-order valence-corrected chi connectivity index (χ4v) is 3.06. The normalized spacial score (nSPS) is 12.5. The van der Waals surface area contributed by atoms with Crippen LogP contribution < -0.4 is 0 Å². The molecule has 0 radical (unpaired) electrons. The molecular weight excluding hydrogens is 268 g/mol. The third kappa shape index (κ3) is 2.85. The fourth-order valence-electron chi connectivity index (χ4n) is 3.06. The second kappa shape index (κ2) is 6.23. The molecule has 0 saturated carbocycles. The van der Waals surface area contributed by atoms with Crippen molar-refractivity contribution in [3.05, 3.63) is 66.2 Å². The van der Waals surface area contributed by atoms with Gasteiger partial charge in [0.2, 0.25) is 0 Å². The van der Waals surface area contributed by atoms with Crippen LogP contribution in [0, 0.1) is 0 Å². The van der Waals surface area contributed by atoms with Crippen molar-refractivity contribution in [2.75, 3.05) is 0 Å². The van der Waals surface area contributed by atoms with Crippen molar-refractivity contribution >= 4 is 10.8 Å². The lowest BCUT2D eigenvalue weighted by molar-refractivity contribution is 0.477. The van der Waals surface area contributed by atoms with Gasteiger partial charge in [-0.3, -0.25) is 0 Å². The minimum atomic E-state index is 0.329. The van der Waals surface area contributed by atoms with Crippen LogP contribution in [0.3, 0.4) is 0 Å². The minimum Gasteiger partial charge on any atom is -0.507 e. The van der Waals surface area contributed by atoms with Gasteiger partial charge in [-0.2, -0.15) is 0 Å². The van der Waals surface area contributed by atoms with Gasteiger partial charge in [0.15, 0.2) is 0 Å². The summed E-state index contributed by atoms with van der Waals surface area (Å²) in [5.74, 6) is 0.933. The number of hydrogen-bond acceptors (Lipinski definition) is 1. The maximum absolute atomic E-state index is 10.0. The van der Waals surface area contributed by atoms with Crippen molar-refractivity contribution in [3.8, 4) is 16.9 Å². The highest BCUT2D eigenvalue weighted by Gasteiger charge is 2.07. The Hall–Kier alpha value is -2.28. The van der Waals surface area contributed by atoms with E-state index in [4.69, 9.17) is 0 Å². The Morgan fingerprint density at radius 3 is 2.41 bits per heavy atom. The van der Waals surface area contributed by atoms with Crippen molar-refractivity contribution in [1.29, 1.82) is 0 Å². The average molecular weight is 290 g/mol. The molecule has 0 amide bonds. The van der Waals surface area contributed by atoms with E-state index in [-0.39, 0.29) is 0 Å². The molecule has 3 aromatic carbocycles. The van der Waals surface area contributed by atoms with E-state index >= 15 is 0 Å². The highest BCUT2D eigenvalue weighted by molar-refractivity contribution is 5.88. The van der Waals surface area contributed by atoms with Gasteiger partial charge < -0.3 is 5.11 Å². The van der Waals surface area contributed by atoms with Crippen LogP contribution in [0.4, 0.5) is 0 Å². The molecule has 0 aliphatic carbocycles. The zero-order chi connectivity index (χ0) is 15.5. The molecule has 0 aliphatic heterocycles. The van der Waals surface area contributed by atoms with E-state index in [2.05, 4.69) is 50.2 Å². The van der Waals surface area contributed by atoms with E-state index in [9.17, 15) is 5.11 Å². The van der Waals surface area contributed by atoms with Crippen LogP contribution >= 0.6 is 0 Å². The number of hydrogen-bond donors (Lipinski definition) is 1. The lowest BCUT2D eigenvalue weighted by Crippen LogP contribution is -1.92. The standard InChI is InChI=1S/C21H22O/c1-3-6-15(2)16-9-10-18-14-19(12-11-17(18)13-16)20-7-4-5-8-21(20)22/h4-5,7-15,22H,3,6H2,1-2H3. The van der Waals surface area contributed by atoms with Crippen LogP contribution in [0.15, 0.2) is 60.7 Å². The maximum Gasteiger partial charge on any atom is 0.123 e. The van der Waals surface area contributed by atoms with Crippen LogP contribution in [0.2, 0.25) is 0 Å². The van der Waals surface area contributed by atoms with Crippen molar-refractivity contribution in [3.63, 3.8) is 0 Å². The van der Waals surface area contributed by atoms with E-state index in [0.29, 0.717) is 11.7 Å². The topological polar surface area (TPSA) is 20.2 Å². The third-order valence-corrected chi connectivity index (χ3v) is 4.37. The average Bonchev–Trinajstić information content (AvgIpc) is 2.54. The van der Waals surface area contributed by atoms with Gasteiger partial charge in [0.25, 0.3) is 0 Å². The highest BCUT2D eigenvalue weighted by Crippen LogP contribution is 2.32. The van der Waals surface area contributed by atoms with Crippen molar-refractivity contribution in [1.82, 2.24) is 0 Å². The predicted molar refractivity (Wildman–Crippen MR) is 94.4 cm³/mol. The molecule has 3 rings (SSSR count). The molecule has 1 heteroatoms. The molecule has 0 aliphatic rings. The van der Waals surface area contributed by atoms with E-state index in [1.807, 2.05) is 18.2 Å². The summed E-state index contributed by atoms with van der Waals surface area (Å²) in [6, 6.07) is 20.6. The lowest BCUT2D eigenvalue weighted by atomic mass is 9.93. The summed E-state index contributed by atoms with van der Waals surface area (Å²) in [4.78, 5) is 0. The third-order valence-electron chi connectivity index (χ3n) is 4.37. The summed E-state index contributed by atoms with van der Waals surface area (Å²) in [5, 5.41) is 12.5. The molecule has 1 unspecified atom stereocenters. The van der Waals surface area contributed by atoms with E-state index < -0.39 is 0 Å². The van der Waals surface area contributed by atoms with Crippen LogP contribution in [-0.4, -0.2) is 5.11 Å². The van der Waals surface area contributed by atoms with Gasteiger partial charge >= 0.3 is 0 Å². The molecule has 0 spiro atoms. The van der Waals surface area contributed by atoms with Crippen molar-refractivity contribution < 1.29 is 5.11 Å². The zero-order valence-electron chi connectivity index (χ0n) is 13.2. The Kier molecular flexibility index (Phi) is 4.15. The number of phenolic OH excluding ortho intramolecular Hbond substituents is 1. The number of phenols is 1. The number of benzene rings is 3. The second-order valence-electron chi connectivity index (χ2n) is 6.03. The van der Waals surface area contributed by atoms with Gasteiger partial charge in [-0.15, -0.1) is 0 Å². The summed E-state index contributed by atoms with van der Waals surface area (Å²) in [5.41, 5.74) is 3.34. The Morgan fingerprint density at radius 2 is 1.64 bits per heavy atom. The Balaban J connectivity index is 2.01. The first kappa shape index (κ1) is 14.6. The predicted octanol–water partition coefficient (Wildman–Crippen LogP) is 6.12. The molecule has 0 heterocycles. The zero-order valence-corrected chi connectivity index (χ0v) is 13.2. The van der Waals surface area contributed by atoms with Crippen LogP contribution in [0.25, 0.3) is 21.9 Å². The minimum absolute atomic E-state index is 0.329. The fraction of sp³-hybridized carbons (Fsp3) is 0.238.